The minimum absolute atomic E-state index is 0.0711. The van der Waals surface area contributed by atoms with E-state index < -0.39 is 10.1 Å². The Morgan fingerprint density at radius 2 is 1.72 bits per heavy atom. The molecular weight excluding hydrogens is 390 g/mol. The van der Waals surface area contributed by atoms with Crippen molar-refractivity contribution in [2.75, 3.05) is 19.4 Å². The summed E-state index contributed by atoms with van der Waals surface area (Å²) in [4.78, 5) is 14.8. The van der Waals surface area contributed by atoms with E-state index in [4.69, 9.17) is 8.92 Å². The molecule has 0 aliphatic carbocycles. The molecule has 0 spiro atoms. The lowest BCUT2D eigenvalue weighted by Gasteiger charge is -2.25. The monoisotopic (exact) mass is 419 g/mol. The normalized spacial score (nSPS) is 11.4. The number of ether oxygens (including phenoxy) is 1. The van der Waals surface area contributed by atoms with Gasteiger partial charge in [0.2, 0.25) is 0 Å². The van der Waals surface area contributed by atoms with Crippen molar-refractivity contribution in [3.05, 3.63) is 59.2 Å². The molecule has 0 aliphatic heterocycles. The van der Waals surface area contributed by atoms with Gasteiger partial charge < -0.3 is 13.8 Å². The van der Waals surface area contributed by atoms with Gasteiger partial charge in [0.25, 0.3) is 5.91 Å². The Hall–Kier alpha value is -2.54. The predicted molar refractivity (Wildman–Crippen MR) is 114 cm³/mol. The van der Waals surface area contributed by atoms with Gasteiger partial charge in [0.1, 0.15) is 0 Å². The maximum atomic E-state index is 13.1. The minimum atomic E-state index is -3.69. The highest BCUT2D eigenvalue weighted by molar-refractivity contribution is 7.87. The van der Waals surface area contributed by atoms with Crippen molar-refractivity contribution in [3.8, 4) is 11.5 Å². The third kappa shape index (κ3) is 6.49. The Bertz CT molecular complexity index is 936. The quantitative estimate of drug-likeness (QED) is 0.574. The third-order valence-electron chi connectivity index (χ3n) is 4.34. The lowest BCUT2D eigenvalue weighted by atomic mass is 10.1. The van der Waals surface area contributed by atoms with E-state index in [1.165, 1.54) is 14.0 Å². The fraction of sp³-hybridized carbons (Fsp3) is 0.409. The average molecular weight is 420 g/mol. The Balaban J connectivity index is 2.32. The van der Waals surface area contributed by atoms with Gasteiger partial charge in [-0.05, 0) is 49.6 Å². The highest BCUT2D eigenvalue weighted by Gasteiger charge is 2.20. The molecule has 0 aliphatic rings. The molecule has 0 heterocycles. The first-order valence-electron chi connectivity index (χ1n) is 9.60. The van der Waals surface area contributed by atoms with E-state index in [0.29, 0.717) is 24.4 Å². The van der Waals surface area contributed by atoms with Crippen LogP contribution in [0.4, 0.5) is 0 Å². The van der Waals surface area contributed by atoms with Crippen molar-refractivity contribution in [2.45, 2.75) is 34.2 Å². The van der Waals surface area contributed by atoms with Gasteiger partial charge in [0, 0.05) is 18.7 Å². The molecule has 0 N–H and O–H groups in total. The molecule has 0 bridgehead atoms. The van der Waals surface area contributed by atoms with Crippen LogP contribution in [-0.4, -0.2) is 38.6 Å². The van der Waals surface area contributed by atoms with Crippen LogP contribution in [0.2, 0.25) is 0 Å². The van der Waals surface area contributed by atoms with E-state index in [2.05, 4.69) is 0 Å². The number of carbonyl (C=O) groups is 1. The Morgan fingerprint density at radius 3 is 2.28 bits per heavy atom. The number of methoxy groups -OCH3 is 1. The van der Waals surface area contributed by atoms with Crippen molar-refractivity contribution < 1.29 is 22.1 Å². The maximum absolute atomic E-state index is 13.1. The van der Waals surface area contributed by atoms with Crippen LogP contribution >= 0.6 is 0 Å². The molecule has 7 heteroatoms. The average Bonchev–Trinajstić information content (AvgIpc) is 2.67. The van der Waals surface area contributed by atoms with Crippen LogP contribution in [-0.2, 0) is 16.7 Å². The van der Waals surface area contributed by atoms with Gasteiger partial charge in [-0.15, -0.1) is 0 Å². The van der Waals surface area contributed by atoms with Gasteiger partial charge >= 0.3 is 10.1 Å². The molecule has 158 valence electrons. The molecule has 1 amide bonds. The SMILES string of the molecule is CCS(=O)(=O)Oc1cc(CN(CC(C)C)C(=O)c2ccc(C)cc2)ccc1OC. The van der Waals surface area contributed by atoms with Gasteiger partial charge in [0.15, 0.2) is 11.5 Å². The molecule has 0 saturated carbocycles. The summed E-state index contributed by atoms with van der Waals surface area (Å²) in [6, 6.07) is 12.5. The lowest BCUT2D eigenvalue weighted by Crippen LogP contribution is -2.33. The van der Waals surface area contributed by atoms with Gasteiger partial charge in [-0.25, -0.2) is 0 Å². The summed E-state index contributed by atoms with van der Waals surface area (Å²) in [5, 5.41) is 0. The number of carbonyl (C=O) groups excluding carboxylic acids is 1. The van der Waals surface area contributed by atoms with E-state index in [0.717, 1.165) is 11.1 Å². The van der Waals surface area contributed by atoms with Crippen molar-refractivity contribution in [1.29, 1.82) is 0 Å². The molecule has 2 aromatic rings. The topological polar surface area (TPSA) is 72.9 Å². The third-order valence-corrected chi connectivity index (χ3v) is 5.48. The van der Waals surface area contributed by atoms with Crippen molar-refractivity contribution in [1.82, 2.24) is 4.90 Å². The predicted octanol–water partition coefficient (Wildman–Crippen LogP) is 4.03. The lowest BCUT2D eigenvalue weighted by molar-refractivity contribution is 0.0722. The van der Waals surface area contributed by atoms with Crippen molar-refractivity contribution in [2.24, 2.45) is 5.92 Å². The zero-order valence-electron chi connectivity index (χ0n) is 17.6. The highest BCUT2D eigenvalue weighted by atomic mass is 32.2. The second-order valence-corrected chi connectivity index (χ2v) is 9.22. The van der Waals surface area contributed by atoms with Crippen LogP contribution in [0.25, 0.3) is 0 Å². The minimum Gasteiger partial charge on any atom is -0.493 e. The van der Waals surface area contributed by atoms with Crippen molar-refractivity contribution in [3.63, 3.8) is 0 Å². The Kier molecular flexibility index (Phi) is 7.67. The first-order valence-corrected chi connectivity index (χ1v) is 11.2. The number of hydrogen-bond acceptors (Lipinski definition) is 5. The van der Waals surface area contributed by atoms with E-state index in [1.54, 1.807) is 23.1 Å². The first kappa shape index (κ1) is 22.7. The molecule has 6 nitrogen and oxygen atoms in total. The summed E-state index contributed by atoms with van der Waals surface area (Å²) in [5.74, 6) is 0.508. The van der Waals surface area contributed by atoms with Crippen LogP contribution in [0, 0.1) is 12.8 Å². The van der Waals surface area contributed by atoms with Crippen LogP contribution in [0.1, 0.15) is 42.3 Å². The van der Waals surface area contributed by atoms with Gasteiger partial charge in [-0.3, -0.25) is 4.79 Å². The van der Waals surface area contributed by atoms with Crippen LogP contribution < -0.4 is 8.92 Å². The maximum Gasteiger partial charge on any atom is 0.309 e. The zero-order valence-corrected chi connectivity index (χ0v) is 18.5. The molecule has 2 rings (SSSR count). The smallest absolute Gasteiger partial charge is 0.309 e. The fourth-order valence-corrected chi connectivity index (χ4v) is 3.36. The van der Waals surface area contributed by atoms with E-state index in [-0.39, 0.29) is 23.3 Å². The molecule has 0 aromatic heterocycles. The van der Waals surface area contributed by atoms with Gasteiger partial charge in [-0.2, -0.15) is 8.42 Å². The number of hydrogen-bond donors (Lipinski definition) is 0. The summed E-state index contributed by atoms with van der Waals surface area (Å²) < 4.78 is 34.2. The molecular formula is C22H29NO5S. The molecule has 0 saturated heterocycles. The standard InChI is InChI=1S/C22H29NO5S/c1-6-29(25,26)28-21-13-18(9-12-20(21)27-5)15-23(14-16(2)3)22(24)19-10-7-17(4)8-11-19/h7-13,16H,6,14-15H2,1-5H3. The van der Waals surface area contributed by atoms with E-state index in [9.17, 15) is 13.2 Å². The first-order chi connectivity index (χ1) is 13.6. The fourth-order valence-electron chi connectivity index (χ4n) is 2.84. The number of aryl methyl sites for hydroxylation is 1. The zero-order chi connectivity index (χ0) is 21.6. The molecule has 29 heavy (non-hydrogen) atoms. The summed E-state index contributed by atoms with van der Waals surface area (Å²) in [6.45, 7) is 8.48. The molecule has 0 fully saturated rings. The highest BCUT2D eigenvalue weighted by Crippen LogP contribution is 2.30. The summed E-state index contributed by atoms with van der Waals surface area (Å²) in [5.41, 5.74) is 2.47. The number of nitrogens with zero attached hydrogens (tertiary/aromatic N) is 1. The summed E-state index contributed by atoms with van der Waals surface area (Å²) >= 11 is 0. The number of benzene rings is 2. The van der Waals surface area contributed by atoms with E-state index in [1.807, 2.05) is 45.0 Å². The molecule has 0 atom stereocenters. The summed E-state index contributed by atoms with van der Waals surface area (Å²) in [7, 11) is -2.24. The second-order valence-electron chi connectivity index (χ2n) is 7.36. The molecule has 0 unspecified atom stereocenters. The van der Waals surface area contributed by atoms with Crippen molar-refractivity contribution >= 4 is 16.0 Å². The van der Waals surface area contributed by atoms with E-state index >= 15 is 0 Å². The van der Waals surface area contributed by atoms with Crippen LogP contribution in [0.5, 0.6) is 11.5 Å². The number of amides is 1. The molecule has 2 aromatic carbocycles. The van der Waals surface area contributed by atoms with Crippen LogP contribution in [0.15, 0.2) is 42.5 Å². The largest absolute Gasteiger partial charge is 0.493 e. The van der Waals surface area contributed by atoms with Gasteiger partial charge in [-0.1, -0.05) is 37.6 Å². The van der Waals surface area contributed by atoms with Gasteiger partial charge in [0.05, 0.1) is 12.9 Å². The second kappa shape index (κ2) is 9.78. The summed E-state index contributed by atoms with van der Waals surface area (Å²) in [6.07, 6.45) is 0. The molecule has 0 radical (unpaired) electrons. The Labute approximate surface area is 173 Å². The van der Waals surface area contributed by atoms with Crippen LogP contribution in [0.3, 0.4) is 0 Å². The number of rotatable bonds is 9. The Morgan fingerprint density at radius 1 is 1.07 bits per heavy atom.